The second-order valence-corrected chi connectivity index (χ2v) is 19.5. The van der Waals surface area contributed by atoms with Crippen molar-refractivity contribution in [3.05, 3.63) is 47.2 Å². The summed E-state index contributed by atoms with van der Waals surface area (Å²) in [4.78, 5) is 38.9. The number of carbonyl (C=O) groups excluding carboxylic acids is 2. The molecule has 0 radical (unpaired) electrons. The van der Waals surface area contributed by atoms with Gasteiger partial charge in [-0.1, -0.05) is 51.0 Å². The van der Waals surface area contributed by atoms with Gasteiger partial charge in [-0.25, -0.2) is 4.98 Å². The Kier molecular flexibility index (Phi) is 12.2. The number of piperazine rings is 1. The predicted octanol–water partition coefficient (Wildman–Crippen LogP) is 5.26. The fourth-order valence-corrected chi connectivity index (χ4v) is 11.4. The summed E-state index contributed by atoms with van der Waals surface area (Å²) in [5, 5.41) is 23.2. The summed E-state index contributed by atoms with van der Waals surface area (Å²) in [6.07, 6.45) is 20.6. The molecule has 4 atom stereocenters. The number of nitrogens with one attached hydrogen (secondary N) is 3. The number of piperidine rings is 1. The van der Waals surface area contributed by atoms with Crippen molar-refractivity contribution in [1.82, 2.24) is 35.6 Å². The van der Waals surface area contributed by atoms with Crippen LogP contribution in [0.2, 0.25) is 0 Å². The highest BCUT2D eigenvalue weighted by Crippen LogP contribution is 2.61. The van der Waals surface area contributed by atoms with Crippen LogP contribution in [0.15, 0.2) is 29.0 Å². The molecule has 2 saturated heterocycles. The number of fused-ring (bicyclic) bond motifs is 1. The zero-order valence-corrected chi connectivity index (χ0v) is 35.0. The van der Waals surface area contributed by atoms with E-state index in [9.17, 15) is 14.7 Å². The first kappa shape index (κ1) is 40.4. The Hall–Kier alpha value is -3.03. The lowest BCUT2D eigenvalue weighted by atomic mass is 9.61. The summed E-state index contributed by atoms with van der Waals surface area (Å²) in [6.45, 7) is 7.86. The number of aromatic nitrogens is 1. The van der Waals surface area contributed by atoms with E-state index in [1.165, 1.54) is 75.3 Å². The lowest BCUT2D eigenvalue weighted by molar-refractivity contribution is -0.141. The molecule has 4 saturated carbocycles. The Bertz CT molecular complexity index is 1720. The Morgan fingerprint density at radius 3 is 2.41 bits per heavy atom. The molecule has 0 bridgehead atoms. The molecule has 2 aromatic rings. The minimum absolute atomic E-state index is 0.0594. The van der Waals surface area contributed by atoms with Crippen LogP contribution in [-0.4, -0.2) is 107 Å². The van der Waals surface area contributed by atoms with Crippen LogP contribution in [0, 0.1) is 29.6 Å². The van der Waals surface area contributed by atoms with Gasteiger partial charge in [0.25, 0.3) is 0 Å². The van der Waals surface area contributed by atoms with Gasteiger partial charge in [-0.3, -0.25) is 30.0 Å². The fourth-order valence-electron chi connectivity index (χ4n) is 11.4. The van der Waals surface area contributed by atoms with Crippen molar-refractivity contribution in [3.8, 4) is 5.75 Å². The zero-order valence-electron chi connectivity index (χ0n) is 35.0. The average molecular weight is 800 g/mol. The number of benzene rings is 1. The maximum absolute atomic E-state index is 14.9. The maximum Gasteiger partial charge on any atom is 0.225 e. The van der Waals surface area contributed by atoms with Crippen LogP contribution in [0.4, 0.5) is 0 Å². The summed E-state index contributed by atoms with van der Waals surface area (Å²) in [6, 6.07) is 6.77. The average Bonchev–Trinajstić information content (AvgIpc) is 4.17. The molecule has 4 N–H and O–H groups in total. The van der Waals surface area contributed by atoms with E-state index in [-0.39, 0.29) is 42.0 Å². The van der Waals surface area contributed by atoms with Crippen molar-refractivity contribution in [3.63, 3.8) is 0 Å². The molecular formula is C46H69N7O5. The molecule has 3 unspecified atom stereocenters. The van der Waals surface area contributed by atoms with E-state index in [2.05, 4.69) is 47.8 Å². The van der Waals surface area contributed by atoms with Gasteiger partial charge in [0, 0.05) is 75.7 Å². The van der Waals surface area contributed by atoms with Crippen LogP contribution in [0.5, 0.6) is 5.75 Å². The lowest BCUT2D eigenvalue weighted by Gasteiger charge is -2.57. The van der Waals surface area contributed by atoms with E-state index >= 15 is 0 Å². The van der Waals surface area contributed by atoms with Gasteiger partial charge >= 0.3 is 0 Å². The number of nitrogens with zero attached hydrogens (tertiary/aromatic N) is 4. The molecule has 4 heterocycles. The molecule has 2 amide bonds. The molecule has 58 heavy (non-hydrogen) atoms. The van der Waals surface area contributed by atoms with Crippen molar-refractivity contribution in [2.45, 2.75) is 154 Å². The molecule has 3 aliphatic heterocycles. The monoisotopic (exact) mass is 800 g/mol. The highest BCUT2D eigenvalue weighted by molar-refractivity contribution is 5.81. The number of aryl methyl sites for hydroxylation is 1. The third-order valence-electron chi connectivity index (χ3n) is 15.4. The number of carbonyl (C=O) groups is 2. The maximum atomic E-state index is 14.9. The number of aliphatic hydroxyl groups excluding tert-OH is 1. The SMILES string of the molecule is Cc1ncoc1COc1ccc2c(c1)CCN(C[C@@H](O)CNC(=O)C1CC(N3CCN(C(=O)C4CC4)CC3)NC(NC3CC4(CC4)C3)C13CCCCCCCCC3)C2. The number of amides is 2. The van der Waals surface area contributed by atoms with Crippen molar-refractivity contribution in [2.75, 3.05) is 45.8 Å². The quantitative estimate of drug-likeness (QED) is 0.226. The molecule has 2 spiro atoms. The number of hydrogen-bond acceptors (Lipinski definition) is 10. The fraction of sp³-hybridized carbons (Fsp3) is 0.761. The van der Waals surface area contributed by atoms with Crippen molar-refractivity contribution < 1.29 is 23.8 Å². The van der Waals surface area contributed by atoms with Crippen LogP contribution >= 0.6 is 0 Å². The Morgan fingerprint density at radius 2 is 1.72 bits per heavy atom. The highest BCUT2D eigenvalue weighted by Gasteiger charge is 2.57. The standard InChI is InChI=1S/C46H69N7O5/c1-32-40(58-31-48-32)30-57-38-12-11-35-28-51(18-13-34(35)23-38)29-37(54)27-47-42(55)39-24-41(52-19-21-53(22-20-52)43(56)33-9-10-33)50-44(49-36-25-45(26-36)16-17-45)46(39)14-7-5-3-2-4-6-8-15-46/h11-12,23,31,33,36-37,39,41,44,49-50,54H,2-10,13-22,24-30H2,1H3,(H,47,55)/t37-,39?,41?,44?/m0/s1. The van der Waals surface area contributed by atoms with Gasteiger partial charge in [0.2, 0.25) is 11.8 Å². The van der Waals surface area contributed by atoms with Crippen LogP contribution < -0.4 is 20.7 Å². The van der Waals surface area contributed by atoms with Crippen LogP contribution in [-0.2, 0) is 29.2 Å². The van der Waals surface area contributed by atoms with E-state index in [0.29, 0.717) is 30.5 Å². The van der Waals surface area contributed by atoms with Crippen molar-refractivity contribution >= 4 is 11.8 Å². The second-order valence-electron chi connectivity index (χ2n) is 19.5. The summed E-state index contributed by atoms with van der Waals surface area (Å²) in [5.74, 6) is 2.11. The number of β-amino-alcohol motifs (C(OH)–C–C–N with tert-alkyl or cyclic N) is 1. The third kappa shape index (κ3) is 9.16. The Balaban J connectivity index is 0.862. The molecular weight excluding hydrogens is 731 g/mol. The van der Waals surface area contributed by atoms with Crippen molar-refractivity contribution in [2.24, 2.45) is 22.7 Å². The van der Waals surface area contributed by atoms with Gasteiger partial charge in [-0.05, 0) is 99.8 Å². The molecule has 12 nitrogen and oxygen atoms in total. The summed E-state index contributed by atoms with van der Waals surface area (Å²) in [7, 11) is 0. The lowest BCUT2D eigenvalue weighted by Crippen LogP contribution is -2.72. The first-order chi connectivity index (χ1) is 28.3. The Morgan fingerprint density at radius 1 is 0.983 bits per heavy atom. The molecule has 4 aliphatic carbocycles. The largest absolute Gasteiger partial charge is 0.486 e. The first-order valence-electron chi connectivity index (χ1n) is 23.1. The van der Waals surface area contributed by atoms with E-state index in [1.807, 2.05) is 13.0 Å². The Labute approximate surface area is 345 Å². The van der Waals surface area contributed by atoms with Crippen molar-refractivity contribution in [1.29, 1.82) is 0 Å². The van der Waals surface area contributed by atoms with E-state index in [4.69, 9.17) is 9.15 Å². The van der Waals surface area contributed by atoms with Crippen LogP contribution in [0.3, 0.4) is 0 Å². The van der Waals surface area contributed by atoms with E-state index in [0.717, 1.165) is 108 Å². The number of rotatable bonds is 12. The first-order valence-corrected chi connectivity index (χ1v) is 23.1. The van der Waals surface area contributed by atoms with Gasteiger partial charge in [0.1, 0.15) is 12.4 Å². The highest BCUT2D eigenvalue weighted by atomic mass is 16.5. The third-order valence-corrected chi connectivity index (χ3v) is 15.4. The molecule has 12 heteroatoms. The van der Waals surface area contributed by atoms with Gasteiger partial charge < -0.3 is 24.5 Å². The zero-order chi connectivity index (χ0) is 39.7. The molecule has 9 rings (SSSR count). The van der Waals surface area contributed by atoms with Gasteiger partial charge in [0.15, 0.2) is 12.2 Å². The summed E-state index contributed by atoms with van der Waals surface area (Å²) in [5.41, 5.74) is 3.78. The minimum Gasteiger partial charge on any atom is -0.486 e. The summed E-state index contributed by atoms with van der Waals surface area (Å²) < 4.78 is 11.5. The minimum atomic E-state index is -0.661. The molecule has 318 valence electrons. The number of hydrogen-bond donors (Lipinski definition) is 4. The number of aliphatic hydroxyl groups is 1. The summed E-state index contributed by atoms with van der Waals surface area (Å²) >= 11 is 0. The second kappa shape index (κ2) is 17.5. The van der Waals surface area contributed by atoms with Gasteiger partial charge in [0.05, 0.1) is 24.1 Å². The normalized spacial score (nSPS) is 28.4. The molecule has 1 aromatic carbocycles. The number of oxazole rings is 1. The predicted molar refractivity (Wildman–Crippen MR) is 222 cm³/mol. The van der Waals surface area contributed by atoms with Gasteiger partial charge in [-0.15, -0.1) is 0 Å². The van der Waals surface area contributed by atoms with Crippen LogP contribution in [0.25, 0.3) is 0 Å². The van der Waals surface area contributed by atoms with E-state index in [1.54, 1.807) is 0 Å². The number of ether oxygens (including phenoxy) is 1. The topological polar surface area (TPSA) is 135 Å². The molecule has 7 aliphatic rings. The molecule has 1 aromatic heterocycles. The van der Waals surface area contributed by atoms with Gasteiger partial charge in [-0.2, -0.15) is 0 Å². The van der Waals surface area contributed by atoms with E-state index < -0.39 is 6.10 Å². The smallest absolute Gasteiger partial charge is 0.225 e. The molecule has 6 fully saturated rings. The van der Waals surface area contributed by atoms with Crippen LogP contribution in [0.1, 0.15) is 125 Å².